The molecule has 0 radical (unpaired) electrons. The quantitative estimate of drug-likeness (QED) is 0.0400. The molecule has 0 atom stereocenters. The third-order valence-corrected chi connectivity index (χ3v) is 10.4. The van der Waals surface area contributed by atoms with Gasteiger partial charge in [0.2, 0.25) is 0 Å². The number of carbonyl (C=O) groups excluding carboxylic acids is 1. The molecule has 59 heavy (non-hydrogen) atoms. The van der Waals surface area contributed by atoms with Crippen molar-refractivity contribution >= 4 is 5.97 Å². The lowest BCUT2D eigenvalue weighted by Crippen LogP contribution is -2.08. The van der Waals surface area contributed by atoms with Crippen LogP contribution >= 0.6 is 0 Å². The van der Waals surface area contributed by atoms with Gasteiger partial charge in [-0.2, -0.15) is 0 Å². The van der Waals surface area contributed by atoms with Crippen molar-refractivity contribution in [2.24, 2.45) is 0 Å². The Bertz CT molecular complexity index is 1840. The van der Waals surface area contributed by atoms with E-state index in [2.05, 4.69) is 46.4 Å². The second-order valence-corrected chi connectivity index (χ2v) is 16.3. The molecule has 6 heteroatoms. The van der Waals surface area contributed by atoms with E-state index in [1.165, 1.54) is 80.9 Å². The lowest BCUT2D eigenvalue weighted by molar-refractivity contribution is -0.129. The Kier molecular flexibility index (Phi) is 23.2. The second-order valence-electron chi connectivity index (χ2n) is 16.3. The molecule has 0 bridgehead atoms. The number of unbranched alkanes of at least 4 members (excludes halogenated alkanes) is 10. The smallest absolute Gasteiger partial charge is 0.335 e. The average Bonchev–Trinajstić information content (AvgIpc) is 3.18. The number of aromatic hydroxyl groups is 2. The Morgan fingerprint density at radius 3 is 1.36 bits per heavy atom. The zero-order valence-corrected chi connectivity index (χ0v) is 38.5. The first kappa shape index (κ1) is 50.4. The number of ether oxygens (including phenoxy) is 3. The number of aryl methyl sites for hydroxylation is 9. The van der Waals surface area contributed by atoms with Gasteiger partial charge in [0.15, 0.2) is 0 Å². The zero-order valence-electron chi connectivity index (χ0n) is 38.5. The van der Waals surface area contributed by atoms with Gasteiger partial charge in [-0.3, -0.25) is 0 Å². The minimum atomic E-state index is -0.483. The molecule has 6 nitrogen and oxygen atoms in total. The van der Waals surface area contributed by atoms with Gasteiger partial charge in [0.1, 0.15) is 28.7 Å². The van der Waals surface area contributed by atoms with Gasteiger partial charge in [-0.05, 0) is 132 Å². The van der Waals surface area contributed by atoms with Crippen LogP contribution in [0.3, 0.4) is 0 Å². The van der Waals surface area contributed by atoms with Gasteiger partial charge in [0.25, 0.3) is 0 Å². The lowest BCUT2D eigenvalue weighted by Gasteiger charge is -2.15. The summed E-state index contributed by atoms with van der Waals surface area (Å²) >= 11 is 0. The Balaban J connectivity index is 0.000000332. The van der Waals surface area contributed by atoms with Crippen LogP contribution in [0.25, 0.3) is 0 Å². The number of hydrogen-bond acceptors (Lipinski definition) is 6. The minimum Gasteiger partial charge on any atom is -0.507 e. The first-order valence-electron chi connectivity index (χ1n) is 22.0. The molecule has 324 valence electrons. The van der Waals surface area contributed by atoms with Crippen molar-refractivity contribution in [2.75, 3.05) is 13.2 Å². The average molecular weight is 809 g/mol. The molecule has 0 fully saturated rings. The molecule has 0 aromatic heterocycles. The number of rotatable bonds is 20. The van der Waals surface area contributed by atoms with Crippen molar-refractivity contribution in [2.45, 2.75) is 160 Å². The molecule has 0 amide bonds. The van der Waals surface area contributed by atoms with E-state index in [1.54, 1.807) is 0 Å². The lowest BCUT2D eigenvalue weighted by atomic mass is 9.96. The fraction of sp³-hybridized carbons (Fsp3) is 0.491. The normalized spacial score (nSPS) is 10.6. The van der Waals surface area contributed by atoms with Crippen LogP contribution in [0.4, 0.5) is 0 Å². The molecular weight excluding hydrogens is 733 g/mol. The molecule has 0 aliphatic heterocycles. The van der Waals surface area contributed by atoms with Gasteiger partial charge in [-0.1, -0.05) is 138 Å². The molecule has 0 aliphatic carbocycles. The van der Waals surface area contributed by atoms with Crippen molar-refractivity contribution in [1.29, 1.82) is 0 Å². The number of carbonyl (C=O) groups is 1. The maximum atomic E-state index is 11.6. The third-order valence-electron chi connectivity index (χ3n) is 10.4. The highest BCUT2D eigenvalue weighted by molar-refractivity contribution is 5.84. The van der Waals surface area contributed by atoms with Crippen molar-refractivity contribution in [1.82, 2.24) is 0 Å². The number of hydrogen-bond donors (Lipinski definition) is 2. The van der Waals surface area contributed by atoms with Crippen LogP contribution in [-0.4, -0.2) is 29.4 Å². The van der Waals surface area contributed by atoms with Gasteiger partial charge in [-0.15, -0.1) is 0 Å². The van der Waals surface area contributed by atoms with E-state index in [9.17, 15) is 15.0 Å². The second kappa shape index (κ2) is 27.1. The standard InChI is InChI=1S/C24H42O2.C20H22O3.C9H12O/c1-5-7-9-11-13-15-17-25-23-19-22(4)24(20-21(23)3)26-18-16-14-12-10-8-6-2;1-6-18(21)23-20-15(5)8-13(3)10-17(20)11-16-9-12(2)7-14(4)19(16)22;1-6-4-7(2)9(10)8(3)5-6/h19-20H,5-18H2,1-4H3;6-10,22H,1,11H2,2-5H3;4-5,10H,1-3H3. The SMILES string of the molecule is C=CC(=O)Oc1c(C)cc(C)cc1Cc1cc(C)cc(C)c1O.CCCCCCCCOc1cc(C)c(OCCCCCCCC)cc1C.Cc1cc(C)c(O)c(C)c1. The fourth-order valence-electron chi connectivity index (χ4n) is 7.23. The van der Waals surface area contributed by atoms with Gasteiger partial charge in [-0.25, -0.2) is 4.79 Å². The molecule has 0 aliphatic rings. The summed E-state index contributed by atoms with van der Waals surface area (Å²) in [5.74, 6) is 2.80. The maximum absolute atomic E-state index is 11.6. The van der Waals surface area contributed by atoms with Crippen LogP contribution in [0.5, 0.6) is 28.7 Å². The van der Waals surface area contributed by atoms with E-state index in [1.807, 2.05) is 84.9 Å². The molecule has 4 aromatic rings. The van der Waals surface area contributed by atoms with E-state index in [0.29, 0.717) is 17.9 Å². The first-order valence-corrected chi connectivity index (χ1v) is 22.0. The summed E-state index contributed by atoms with van der Waals surface area (Å²) in [4.78, 5) is 11.6. The van der Waals surface area contributed by atoms with Crippen molar-refractivity contribution in [3.05, 3.63) is 122 Å². The summed E-state index contributed by atoms with van der Waals surface area (Å²) in [6, 6.07) is 16.1. The third kappa shape index (κ3) is 18.4. The Hall–Kier alpha value is -4.71. The molecule has 4 aromatic carbocycles. The summed E-state index contributed by atoms with van der Waals surface area (Å²) in [5.41, 5.74) is 11.1. The van der Waals surface area contributed by atoms with Gasteiger partial charge < -0.3 is 24.4 Å². The predicted octanol–water partition coefficient (Wildman–Crippen LogP) is 14.4. The monoisotopic (exact) mass is 809 g/mol. The Labute approximate surface area is 358 Å². The topological polar surface area (TPSA) is 85.2 Å². The van der Waals surface area contributed by atoms with Gasteiger partial charge >= 0.3 is 5.97 Å². The fourth-order valence-corrected chi connectivity index (χ4v) is 7.23. The predicted molar refractivity (Wildman–Crippen MR) is 248 cm³/mol. The molecule has 0 saturated carbocycles. The van der Waals surface area contributed by atoms with Crippen molar-refractivity contribution in [3.8, 4) is 28.7 Å². The highest BCUT2D eigenvalue weighted by atomic mass is 16.5. The molecule has 0 spiro atoms. The molecular formula is C53H76O6. The summed E-state index contributed by atoms with van der Waals surface area (Å²) in [7, 11) is 0. The van der Waals surface area contributed by atoms with E-state index < -0.39 is 5.97 Å². The van der Waals surface area contributed by atoms with Crippen LogP contribution in [-0.2, 0) is 11.2 Å². The Morgan fingerprint density at radius 1 is 0.508 bits per heavy atom. The number of phenols is 2. The highest BCUT2D eigenvalue weighted by Crippen LogP contribution is 2.33. The number of benzene rings is 4. The number of phenolic OH excluding ortho intramolecular Hbond substituents is 2. The molecule has 2 N–H and O–H groups in total. The summed E-state index contributed by atoms with van der Waals surface area (Å²) in [5, 5.41) is 19.6. The summed E-state index contributed by atoms with van der Waals surface area (Å²) in [6.45, 7) is 27.5. The first-order chi connectivity index (χ1) is 28.1. The highest BCUT2D eigenvalue weighted by Gasteiger charge is 2.15. The van der Waals surface area contributed by atoms with E-state index >= 15 is 0 Å². The zero-order chi connectivity index (χ0) is 43.9. The molecule has 4 rings (SSSR count). The van der Waals surface area contributed by atoms with Gasteiger partial charge in [0.05, 0.1) is 13.2 Å². The minimum absolute atomic E-state index is 0.288. The summed E-state index contributed by atoms with van der Waals surface area (Å²) in [6.07, 6.45) is 17.2. The van der Waals surface area contributed by atoms with Crippen molar-refractivity contribution in [3.63, 3.8) is 0 Å². The van der Waals surface area contributed by atoms with E-state index in [0.717, 1.165) is 88.1 Å². The Morgan fingerprint density at radius 2 is 0.898 bits per heavy atom. The molecule has 0 heterocycles. The maximum Gasteiger partial charge on any atom is 0.335 e. The number of esters is 1. The van der Waals surface area contributed by atoms with E-state index in [-0.39, 0.29) is 5.75 Å². The van der Waals surface area contributed by atoms with Crippen molar-refractivity contribution < 1.29 is 29.2 Å². The van der Waals surface area contributed by atoms with Crippen LogP contribution in [0.2, 0.25) is 0 Å². The van der Waals surface area contributed by atoms with Crippen LogP contribution in [0, 0.1) is 62.3 Å². The van der Waals surface area contributed by atoms with E-state index in [4.69, 9.17) is 14.2 Å². The van der Waals surface area contributed by atoms with Crippen LogP contribution in [0.15, 0.2) is 61.2 Å². The molecule has 0 saturated heterocycles. The van der Waals surface area contributed by atoms with Crippen LogP contribution in [0.1, 0.15) is 152 Å². The molecule has 0 unspecified atom stereocenters. The summed E-state index contributed by atoms with van der Waals surface area (Å²) < 4.78 is 17.4. The van der Waals surface area contributed by atoms with Crippen LogP contribution < -0.4 is 14.2 Å². The van der Waals surface area contributed by atoms with Gasteiger partial charge in [0, 0.05) is 12.5 Å². The largest absolute Gasteiger partial charge is 0.507 e.